The molecule has 1 unspecified atom stereocenters. The van der Waals surface area contributed by atoms with Crippen molar-refractivity contribution in [1.82, 2.24) is 9.88 Å². The van der Waals surface area contributed by atoms with E-state index in [2.05, 4.69) is 4.98 Å². The molecule has 3 rings (SSSR count). The van der Waals surface area contributed by atoms with Gasteiger partial charge < -0.3 is 9.64 Å². The van der Waals surface area contributed by atoms with Crippen molar-refractivity contribution in [3.05, 3.63) is 58.6 Å². The summed E-state index contributed by atoms with van der Waals surface area (Å²) in [6, 6.07) is 6.24. The van der Waals surface area contributed by atoms with Crippen molar-refractivity contribution in [3.63, 3.8) is 0 Å². The first-order chi connectivity index (χ1) is 11.0. The average molecular weight is 335 g/mol. The van der Waals surface area contributed by atoms with Crippen molar-refractivity contribution in [2.75, 3.05) is 13.1 Å². The van der Waals surface area contributed by atoms with Crippen LogP contribution in [-0.2, 0) is 0 Å². The maximum absolute atomic E-state index is 13.6. The summed E-state index contributed by atoms with van der Waals surface area (Å²) in [7, 11) is 0. The lowest BCUT2D eigenvalue weighted by Gasteiger charge is -2.18. The zero-order valence-corrected chi connectivity index (χ0v) is 13.4. The van der Waals surface area contributed by atoms with Crippen LogP contribution in [0.15, 0.2) is 36.7 Å². The van der Waals surface area contributed by atoms with E-state index in [1.165, 1.54) is 12.3 Å². The number of rotatable bonds is 3. The number of hydrogen-bond acceptors (Lipinski definition) is 3. The van der Waals surface area contributed by atoms with E-state index in [0.29, 0.717) is 41.4 Å². The number of aromatic nitrogens is 1. The second-order valence-electron chi connectivity index (χ2n) is 5.55. The number of halogens is 2. The number of nitrogens with zero attached hydrogens (tertiary/aromatic N) is 2. The minimum Gasteiger partial charge on any atom is -0.487 e. The van der Waals surface area contributed by atoms with E-state index in [1.54, 1.807) is 36.2 Å². The van der Waals surface area contributed by atoms with Crippen molar-refractivity contribution < 1.29 is 13.9 Å². The fraction of sp³-hybridized carbons (Fsp3) is 0.294. The molecule has 0 spiro atoms. The molecule has 1 aromatic heterocycles. The van der Waals surface area contributed by atoms with Crippen LogP contribution in [0.5, 0.6) is 5.75 Å². The molecule has 1 amide bonds. The maximum atomic E-state index is 13.6. The van der Waals surface area contributed by atoms with Crippen LogP contribution in [0.3, 0.4) is 0 Å². The Morgan fingerprint density at radius 1 is 1.43 bits per heavy atom. The minimum atomic E-state index is -0.369. The fourth-order valence-corrected chi connectivity index (χ4v) is 2.72. The lowest BCUT2D eigenvalue weighted by atomic mass is 10.1. The standard InChI is InChI=1S/C17H16ClFN2O2/c1-11-2-3-12(8-15(11)19)17(22)21-7-5-13(10-21)23-16-4-6-20-9-14(16)18/h2-4,6,8-9,13H,5,7,10H2,1H3. The van der Waals surface area contributed by atoms with Gasteiger partial charge in [0.1, 0.15) is 22.7 Å². The molecule has 0 radical (unpaired) electrons. The van der Waals surface area contributed by atoms with Gasteiger partial charge >= 0.3 is 0 Å². The van der Waals surface area contributed by atoms with Gasteiger partial charge in [-0.25, -0.2) is 4.39 Å². The number of hydrogen-bond donors (Lipinski definition) is 0. The lowest BCUT2D eigenvalue weighted by molar-refractivity contribution is 0.0772. The van der Waals surface area contributed by atoms with E-state index < -0.39 is 0 Å². The highest BCUT2D eigenvalue weighted by atomic mass is 35.5. The van der Waals surface area contributed by atoms with Crippen molar-refractivity contribution in [1.29, 1.82) is 0 Å². The highest BCUT2D eigenvalue weighted by molar-refractivity contribution is 6.31. The molecular weight excluding hydrogens is 319 g/mol. The summed E-state index contributed by atoms with van der Waals surface area (Å²) >= 11 is 6.02. The topological polar surface area (TPSA) is 42.4 Å². The molecule has 0 aliphatic carbocycles. The average Bonchev–Trinajstić information content (AvgIpc) is 3.00. The number of likely N-dealkylation sites (tertiary alicyclic amines) is 1. The van der Waals surface area contributed by atoms with Gasteiger partial charge in [0.15, 0.2) is 0 Å². The van der Waals surface area contributed by atoms with Gasteiger partial charge in [-0.3, -0.25) is 9.78 Å². The van der Waals surface area contributed by atoms with Gasteiger partial charge in [-0.2, -0.15) is 0 Å². The number of carbonyl (C=O) groups is 1. The Kier molecular flexibility index (Phi) is 4.48. The molecule has 1 saturated heterocycles. The van der Waals surface area contributed by atoms with E-state index in [1.807, 2.05) is 0 Å². The Hall–Kier alpha value is -2.14. The van der Waals surface area contributed by atoms with Gasteiger partial charge in [-0.05, 0) is 24.6 Å². The zero-order chi connectivity index (χ0) is 16.4. The maximum Gasteiger partial charge on any atom is 0.254 e. The third-order valence-corrected chi connectivity index (χ3v) is 4.16. The van der Waals surface area contributed by atoms with Crippen LogP contribution in [0.4, 0.5) is 4.39 Å². The van der Waals surface area contributed by atoms with Crippen molar-refractivity contribution >= 4 is 17.5 Å². The Labute approximate surface area is 138 Å². The summed E-state index contributed by atoms with van der Waals surface area (Å²) < 4.78 is 19.4. The van der Waals surface area contributed by atoms with E-state index in [9.17, 15) is 9.18 Å². The highest BCUT2D eigenvalue weighted by Crippen LogP contribution is 2.26. The molecular formula is C17H16ClFN2O2. The van der Waals surface area contributed by atoms with E-state index in [0.717, 1.165) is 0 Å². The highest BCUT2D eigenvalue weighted by Gasteiger charge is 2.29. The summed E-state index contributed by atoms with van der Waals surface area (Å²) in [5.74, 6) is 0.00425. The predicted molar refractivity (Wildman–Crippen MR) is 85.3 cm³/mol. The third-order valence-electron chi connectivity index (χ3n) is 3.88. The number of aryl methyl sites for hydroxylation is 1. The number of amides is 1. The molecule has 1 aliphatic rings. The fourth-order valence-electron chi connectivity index (χ4n) is 2.55. The minimum absolute atomic E-state index is 0.130. The van der Waals surface area contributed by atoms with Gasteiger partial charge in [0, 0.05) is 37.0 Å². The van der Waals surface area contributed by atoms with Crippen LogP contribution in [0.2, 0.25) is 5.02 Å². The molecule has 1 aromatic carbocycles. The van der Waals surface area contributed by atoms with Gasteiger partial charge in [0.05, 0.1) is 6.54 Å². The van der Waals surface area contributed by atoms with Crippen LogP contribution in [-0.4, -0.2) is 35.0 Å². The molecule has 0 saturated carbocycles. The quantitative estimate of drug-likeness (QED) is 0.863. The number of benzene rings is 1. The summed E-state index contributed by atoms with van der Waals surface area (Å²) in [4.78, 5) is 18.0. The first-order valence-electron chi connectivity index (χ1n) is 7.36. The zero-order valence-electron chi connectivity index (χ0n) is 12.6. The lowest BCUT2D eigenvalue weighted by Crippen LogP contribution is -2.31. The molecule has 1 atom stereocenters. The molecule has 6 heteroatoms. The van der Waals surface area contributed by atoms with Gasteiger partial charge in [-0.1, -0.05) is 17.7 Å². The summed E-state index contributed by atoms with van der Waals surface area (Å²) in [6.07, 6.45) is 3.70. The van der Waals surface area contributed by atoms with Crippen molar-refractivity contribution in [2.24, 2.45) is 0 Å². The Bertz CT molecular complexity index is 738. The van der Waals surface area contributed by atoms with Gasteiger partial charge in [0.25, 0.3) is 5.91 Å². The van der Waals surface area contributed by atoms with Gasteiger partial charge in [-0.15, -0.1) is 0 Å². The van der Waals surface area contributed by atoms with Crippen molar-refractivity contribution in [3.8, 4) is 5.75 Å². The number of carbonyl (C=O) groups excluding carboxylic acids is 1. The largest absolute Gasteiger partial charge is 0.487 e. The number of pyridine rings is 1. The number of ether oxygens (including phenoxy) is 1. The van der Waals surface area contributed by atoms with E-state index in [4.69, 9.17) is 16.3 Å². The summed E-state index contributed by atoms with van der Waals surface area (Å²) in [5.41, 5.74) is 0.882. The molecule has 2 heterocycles. The first-order valence-corrected chi connectivity index (χ1v) is 7.74. The second-order valence-corrected chi connectivity index (χ2v) is 5.96. The SMILES string of the molecule is Cc1ccc(C(=O)N2CCC(Oc3ccncc3Cl)C2)cc1F. The Morgan fingerprint density at radius 2 is 2.26 bits per heavy atom. The molecule has 1 aliphatic heterocycles. The molecule has 2 aromatic rings. The molecule has 1 fully saturated rings. The predicted octanol–water partition coefficient (Wildman–Crippen LogP) is 3.48. The summed E-state index contributed by atoms with van der Waals surface area (Å²) in [5, 5.41) is 0.442. The second kappa shape index (κ2) is 6.54. The van der Waals surface area contributed by atoms with Crippen molar-refractivity contribution in [2.45, 2.75) is 19.4 Å². The molecule has 0 bridgehead atoms. The Balaban J connectivity index is 1.66. The molecule has 0 N–H and O–H groups in total. The molecule has 23 heavy (non-hydrogen) atoms. The van der Waals surface area contributed by atoms with Crippen LogP contribution in [0, 0.1) is 12.7 Å². The van der Waals surface area contributed by atoms with E-state index in [-0.39, 0.29) is 17.8 Å². The smallest absolute Gasteiger partial charge is 0.254 e. The van der Waals surface area contributed by atoms with Crippen LogP contribution >= 0.6 is 11.6 Å². The normalized spacial score (nSPS) is 17.3. The third kappa shape index (κ3) is 3.45. The monoisotopic (exact) mass is 334 g/mol. The van der Waals surface area contributed by atoms with Crippen LogP contribution in [0.1, 0.15) is 22.3 Å². The van der Waals surface area contributed by atoms with Crippen LogP contribution in [0.25, 0.3) is 0 Å². The Morgan fingerprint density at radius 3 is 3.00 bits per heavy atom. The molecule has 120 valence electrons. The van der Waals surface area contributed by atoms with Gasteiger partial charge in [0.2, 0.25) is 0 Å². The molecule has 4 nitrogen and oxygen atoms in total. The first kappa shape index (κ1) is 15.7. The van der Waals surface area contributed by atoms with Crippen LogP contribution < -0.4 is 4.74 Å². The van der Waals surface area contributed by atoms with E-state index >= 15 is 0 Å². The summed E-state index contributed by atoms with van der Waals surface area (Å²) in [6.45, 7) is 2.69.